The molecule has 1 fully saturated rings. The van der Waals surface area contributed by atoms with Crippen LogP contribution >= 0.6 is 11.6 Å². The molecule has 3 aromatic rings. The lowest BCUT2D eigenvalue weighted by atomic mass is 10.1. The monoisotopic (exact) mass is 438 g/mol. The van der Waals surface area contributed by atoms with Gasteiger partial charge >= 0.3 is 0 Å². The second kappa shape index (κ2) is 11.4. The molecule has 1 aliphatic heterocycles. The lowest BCUT2D eigenvalue weighted by Crippen LogP contribution is -2.38. The largest absolute Gasteiger partial charge is 0.374 e. The highest BCUT2D eigenvalue weighted by Crippen LogP contribution is 2.31. The van der Waals surface area contributed by atoms with E-state index < -0.39 is 11.7 Å². The Bertz CT molecular complexity index is 891. The lowest BCUT2D eigenvalue weighted by molar-refractivity contribution is -0.0896. The molecular weight excluding hydrogens is 412 g/mol. The van der Waals surface area contributed by atoms with Crippen LogP contribution in [0.2, 0.25) is 0 Å². The maximum Gasteiger partial charge on any atom is 0.160 e. The van der Waals surface area contributed by atoms with Crippen molar-refractivity contribution in [2.75, 3.05) is 6.61 Å². The Kier molecular flexibility index (Phi) is 8.11. The number of ether oxygens (including phenoxy) is 4. The van der Waals surface area contributed by atoms with E-state index in [0.717, 1.165) is 16.7 Å². The Morgan fingerprint density at radius 1 is 0.613 bits per heavy atom. The molecule has 4 rings (SSSR count). The first-order chi connectivity index (χ1) is 15.3. The SMILES string of the molecule is Cl[C@@H]1O[C@H](COCc2ccccc2)[C@@H](OCc2ccccc2)[C@@H]1OCc1ccccc1. The first-order valence-corrected chi connectivity index (χ1v) is 11.0. The average molecular weight is 439 g/mol. The summed E-state index contributed by atoms with van der Waals surface area (Å²) in [6.45, 7) is 1.79. The van der Waals surface area contributed by atoms with Gasteiger partial charge in [-0.1, -0.05) is 103 Å². The van der Waals surface area contributed by atoms with Gasteiger partial charge in [0.25, 0.3) is 0 Å². The van der Waals surface area contributed by atoms with Gasteiger partial charge in [-0.3, -0.25) is 0 Å². The number of halogens is 1. The summed E-state index contributed by atoms with van der Waals surface area (Å²) >= 11 is 6.53. The predicted molar refractivity (Wildman–Crippen MR) is 121 cm³/mol. The van der Waals surface area contributed by atoms with E-state index in [9.17, 15) is 0 Å². The summed E-state index contributed by atoms with van der Waals surface area (Å²) in [5, 5.41) is 0. The summed E-state index contributed by atoms with van der Waals surface area (Å²) in [5.41, 5.74) is 2.68. The highest BCUT2D eigenvalue weighted by molar-refractivity contribution is 6.20. The van der Waals surface area contributed by atoms with Crippen LogP contribution in [0.3, 0.4) is 0 Å². The first-order valence-electron chi connectivity index (χ1n) is 10.5. The Balaban J connectivity index is 1.39. The normalized spacial score (nSPS) is 23.1. The van der Waals surface area contributed by atoms with Crippen molar-refractivity contribution in [2.24, 2.45) is 0 Å². The molecule has 0 bridgehead atoms. The molecule has 0 amide bonds. The smallest absolute Gasteiger partial charge is 0.160 e. The highest BCUT2D eigenvalue weighted by Gasteiger charge is 2.45. The van der Waals surface area contributed by atoms with Gasteiger partial charge < -0.3 is 18.9 Å². The molecule has 5 heteroatoms. The lowest BCUT2D eigenvalue weighted by Gasteiger charge is -2.24. The van der Waals surface area contributed by atoms with Crippen molar-refractivity contribution in [3.63, 3.8) is 0 Å². The molecule has 1 saturated heterocycles. The van der Waals surface area contributed by atoms with Gasteiger partial charge in [-0.05, 0) is 16.7 Å². The van der Waals surface area contributed by atoms with E-state index in [1.54, 1.807) is 0 Å². The molecule has 4 nitrogen and oxygen atoms in total. The molecule has 1 aliphatic rings. The van der Waals surface area contributed by atoms with Gasteiger partial charge in [0.05, 0.1) is 26.4 Å². The second-order valence-electron chi connectivity index (χ2n) is 7.55. The van der Waals surface area contributed by atoms with E-state index in [-0.39, 0.29) is 12.2 Å². The fourth-order valence-corrected chi connectivity index (χ4v) is 3.94. The highest BCUT2D eigenvalue weighted by atomic mass is 35.5. The van der Waals surface area contributed by atoms with Crippen molar-refractivity contribution in [1.82, 2.24) is 0 Å². The molecule has 162 valence electrons. The Morgan fingerprint density at radius 2 is 1.06 bits per heavy atom. The van der Waals surface area contributed by atoms with Crippen molar-refractivity contribution in [1.29, 1.82) is 0 Å². The van der Waals surface area contributed by atoms with Crippen LogP contribution in [0.4, 0.5) is 0 Å². The molecule has 0 N–H and O–H groups in total. The third kappa shape index (κ3) is 6.39. The number of hydrogen-bond donors (Lipinski definition) is 0. The summed E-state index contributed by atoms with van der Waals surface area (Å²) in [4.78, 5) is 0. The standard InChI is InChI=1S/C26H27ClO4/c27-26-25(30-18-22-14-8-3-9-15-22)24(29-17-21-12-6-2-7-13-21)23(31-26)19-28-16-20-10-4-1-5-11-20/h1-15,23-26H,16-19H2/t23-,24-,25+,26-/m1/s1. The molecule has 0 unspecified atom stereocenters. The topological polar surface area (TPSA) is 36.9 Å². The van der Waals surface area contributed by atoms with Crippen molar-refractivity contribution >= 4 is 11.6 Å². The second-order valence-corrected chi connectivity index (χ2v) is 7.98. The molecule has 0 aromatic heterocycles. The van der Waals surface area contributed by atoms with E-state index >= 15 is 0 Å². The Hall–Kier alpha value is -2.21. The van der Waals surface area contributed by atoms with E-state index in [4.69, 9.17) is 30.5 Å². The van der Waals surface area contributed by atoms with Gasteiger partial charge in [0.2, 0.25) is 0 Å². The van der Waals surface area contributed by atoms with Gasteiger partial charge in [-0.2, -0.15) is 0 Å². The van der Waals surface area contributed by atoms with Gasteiger partial charge in [0.15, 0.2) is 5.56 Å². The van der Waals surface area contributed by atoms with Crippen LogP contribution < -0.4 is 0 Å². The minimum atomic E-state index is -0.602. The average Bonchev–Trinajstić information content (AvgIpc) is 3.12. The van der Waals surface area contributed by atoms with Crippen LogP contribution in [-0.2, 0) is 38.8 Å². The molecule has 1 heterocycles. The molecule has 31 heavy (non-hydrogen) atoms. The molecule has 4 atom stereocenters. The predicted octanol–water partition coefficient (Wildman–Crippen LogP) is 5.34. The van der Waals surface area contributed by atoms with Gasteiger partial charge in [0.1, 0.15) is 18.3 Å². The fraction of sp³-hybridized carbons (Fsp3) is 0.308. The van der Waals surface area contributed by atoms with E-state index in [1.807, 2.05) is 91.0 Å². The third-order valence-electron chi connectivity index (χ3n) is 5.22. The van der Waals surface area contributed by atoms with Crippen molar-refractivity contribution in [3.05, 3.63) is 108 Å². The number of rotatable bonds is 10. The third-order valence-corrected chi connectivity index (χ3v) is 5.57. The van der Waals surface area contributed by atoms with Gasteiger partial charge in [-0.15, -0.1) is 0 Å². The number of hydrogen-bond acceptors (Lipinski definition) is 4. The van der Waals surface area contributed by atoms with Crippen LogP contribution in [0.15, 0.2) is 91.0 Å². The van der Waals surface area contributed by atoms with Crippen LogP contribution in [-0.4, -0.2) is 30.5 Å². The molecular formula is C26H27ClO4. The van der Waals surface area contributed by atoms with Crippen LogP contribution in [0.5, 0.6) is 0 Å². The maximum atomic E-state index is 6.53. The molecule has 0 radical (unpaired) electrons. The minimum absolute atomic E-state index is 0.310. The van der Waals surface area contributed by atoms with E-state index in [2.05, 4.69) is 0 Å². The molecule has 0 aliphatic carbocycles. The van der Waals surface area contributed by atoms with Crippen LogP contribution in [0.1, 0.15) is 16.7 Å². The molecule has 0 saturated carbocycles. The van der Waals surface area contributed by atoms with Crippen molar-refractivity contribution in [2.45, 2.75) is 43.7 Å². The zero-order valence-electron chi connectivity index (χ0n) is 17.3. The Morgan fingerprint density at radius 3 is 1.58 bits per heavy atom. The first kappa shape index (κ1) is 22.0. The number of benzene rings is 3. The minimum Gasteiger partial charge on any atom is -0.374 e. The number of alkyl halides is 1. The van der Waals surface area contributed by atoms with E-state index in [0.29, 0.717) is 26.4 Å². The van der Waals surface area contributed by atoms with Gasteiger partial charge in [-0.25, -0.2) is 0 Å². The van der Waals surface area contributed by atoms with Crippen molar-refractivity contribution in [3.8, 4) is 0 Å². The van der Waals surface area contributed by atoms with E-state index in [1.165, 1.54) is 0 Å². The fourth-order valence-electron chi connectivity index (χ4n) is 3.59. The zero-order chi connectivity index (χ0) is 21.3. The van der Waals surface area contributed by atoms with Crippen LogP contribution in [0, 0.1) is 0 Å². The Labute approximate surface area is 188 Å². The van der Waals surface area contributed by atoms with Crippen LogP contribution in [0.25, 0.3) is 0 Å². The quantitative estimate of drug-likeness (QED) is 0.400. The summed E-state index contributed by atoms with van der Waals surface area (Å²) in [6, 6.07) is 30.1. The van der Waals surface area contributed by atoms with Crippen molar-refractivity contribution < 1.29 is 18.9 Å². The molecule has 0 spiro atoms. The summed E-state index contributed by atoms with van der Waals surface area (Å²) in [5.74, 6) is 0. The summed E-state index contributed by atoms with van der Waals surface area (Å²) < 4.78 is 24.3. The van der Waals surface area contributed by atoms with Gasteiger partial charge in [0, 0.05) is 0 Å². The zero-order valence-corrected chi connectivity index (χ0v) is 18.1. The molecule has 3 aromatic carbocycles. The maximum absolute atomic E-state index is 6.53. The summed E-state index contributed by atoms with van der Waals surface area (Å²) in [6.07, 6.45) is -1.03. The summed E-state index contributed by atoms with van der Waals surface area (Å²) in [7, 11) is 0.